The van der Waals surface area contributed by atoms with E-state index in [0.717, 1.165) is 25.3 Å². The van der Waals surface area contributed by atoms with Gasteiger partial charge in [-0.05, 0) is 19.4 Å². The van der Waals surface area contributed by atoms with Crippen LogP contribution in [0.3, 0.4) is 0 Å². The number of amidine groups is 1. The molecule has 0 radical (unpaired) electrons. The number of aliphatic imine (C=N–C) groups is 1. The number of aromatic nitrogens is 1. The van der Waals surface area contributed by atoms with E-state index in [-0.39, 0.29) is 0 Å². The molecule has 2 aromatic rings. The number of benzene rings is 1. The van der Waals surface area contributed by atoms with Gasteiger partial charge in [-0.2, -0.15) is 0 Å². The van der Waals surface area contributed by atoms with Gasteiger partial charge < -0.3 is 19.7 Å². The fourth-order valence-corrected chi connectivity index (χ4v) is 4.19. The number of likely N-dealkylation sites (tertiary alicyclic amines) is 1. The number of rotatable bonds is 6. The predicted octanol–water partition coefficient (Wildman–Crippen LogP) is 3.41. The van der Waals surface area contributed by atoms with Crippen molar-refractivity contribution in [2.45, 2.75) is 24.7 Å². The third-order valence-corrected chi connectivity index (χ3v) is 5.87. The molecular formula is C21H27N3O4S. The first kappa shape index (κ1) is 22.5. The minimum atomic E-state index is -1.26. The van der Waals surface area contributed by atoms with Gasteiger partial charge in [0.25, 0.3) is 0 Å². The Morgan fingerprint density at radius 3 is 2.41 bits per heavy atom. The number of carboxylic acid groups (broad SMARTS) is 2. The maximum Gasteiger partial charge on any atom is 0.328 e. The van der Waals surface area contributed by atoms with Gasteiger partial charge in [-0.3, -0.25) is 4.99 Å². The molecule has 1 fully saturated rings. The molecule has 8 heteroatoms. The molecule has 1 aliphatic rings. The summed E-state index contributed by atoms with van der Waals surface area (Å²) in [6.45, 7) is 4.28. The molecule has 1 aromatic heterocycles. The predicted molar refractivity (Wildman–Crippen MR) is 117 cm³/mol. The van der Waals surface area contributed by atoms with Crippen molar-refractivity contribution in [2.75, 3.05) is 25.9 Å². The van der Waals surface area contributed by atoms with Crippen molar-refractivity contribution in [1.82, 2.24) is 9.47 Å². The Hall–Kier alpha value is -2.74. The molecule has 7 nitrogen and oxygen atoms in total. The average Bonchev–Trinajstić information content (AvgIpc) is 3.20. The highest BCUT2D eigenvalue weighted by Crippen LogP contribution is 2.33. The Labute approximate surface area is 174 Å². The first-order valence-corrected chi connectivity index (χ1v) is 10.3. The molecule has 156 valence electrons. The van der Waals surface area contributed by atoms with Crippen LogP contribution in [0.1, 0.15) is 18.5 Å². The molecular weight excluding hydrogens is 390 g/mol. The summed E-state index contributed by atoms with van der Waals surface area (Å²) in [5.41, 5.74) is 2.67. The second kappa shape index (κ2) is 10.7. The normalized spacial score (nSPS) is 15.1. The lowest BCUT2D eigenvalue weighted by Gasteiger charge is -2.10. The highest BCUT2D eigenvalue weighted by atomic mass is 32.2. The van der Waals surface area contributed by atoms with Gasteiger partial charge in [0.15, 0.2) is 0 Å². The third kappa shape index (κ3) is 6.39. The lowest BCUT2D eigenvalue weighted by Crippen LogP contribution is -2.19. The van der Waals surface area contributed by atoms with Gasteiger partial charge in [-0.25, -0.2) is 9.59 Å². The standard InChI is InChI=1S/C17H23N3S.C4H4O4/c1-13-17(14-7-4-5-8-15(14)20(13)3)21-12-10-18-16-9-6-11-19(16)2;5-3(6)1-2-4(7)8/h4-5,7-8H,6,9-12H2,1-3H3;1-2H,(H,5,6)(H,7,8)/b18-16+;2-1+. The van der Waals surface area contributed by atoms with Crippen molar-refractivity contribution in [1.29, 1.82) is 0 Å². The van der Waals surface area contributed by atoms with Gasteiger partial charge in [0, 0.05) is 66.5 Å². The number of carbonyl (C=O) groups is 2. The number of aryl methyl sites for hydroxylation is 1. The Morgan fingerprint density at radius 1 is 1.17 bits per heavy atom. The van der Waals surface area contributed by atoms with Gasteiger partial charge in [-0.1, -0.05) is 18.2 Å². The van der Waals surface area contributed by atoms with E-state index in [1.54, 1.807) is 0 Å². The number of thioether (sulfide) groups is 1. The topological polar surface area (TPSA) is 95.1 Å². The van der Waals surface area contributed by atoms with Crippen LogP contribution < -0.4 is 0 Å². The molecule has 1 aromatic carbocycles. The van der Waals surface area contributed by atoms with E-state index in [9.17, 15) is 9.59 Å². The maximum atomic E-state index is 9.55. The number of hydrogen-bond donors (Lipinski definition) is 2. The van der Waals surface area contributed by atoms with E-state index in [1.165, 1.54) is 33.7 Å². The Balaban J connectivity index is 0.000000321. The summed E-state index contributed by atoms with van der Waals surface area (Å²) in [6.07, 6.45) is 3.52. The van der Waals surface area contributed by atoms with Crippen LogP contribution in [0.5, 0.6) is 0 Å². The molecule has 2 heterocycles. The number of para-hydroxylation sites is 1. The van der Waals surface area contributed by atoms with E-state index < -0.39 is 11.9 Å². The molecule has 0 bridgehead atoms. The number of nitrogens with zero attached hydrogens (tertiary/aromatic N) is 3. The van der Waals surface area contributed by atoms with E-state index in [4.69, 9.17) is 15.2 Å². The largest absolute Gasteiger partial charge is 0.478 e. The van der Waals surface area contributed by atoms with Gasteiger partial charge in [0.2, 0.25) is 0 Å². The highest BCUT2D eigenvalue weighted by Gasteiger charge is 2.14. The highest BCUT2D eigenvalue weighted by molar-refractivity contribution is 7.99. The lowest BCUT2D eigenvalue weighted by atomic mass is 10.2. The maximum absolute atomic E-state index is 9.55. The van der Waals surface area contributed by atoms with Crippen LogP contribution in [0, 0.1) is 6.92 Å². The monoisotopic (exact) mass is 417 g/mol. The summed E-state index contributed by atoms with van der Waals surface area (Å²) in [6, 6.07) is 8.65. The second-order valence-corrected chi connectivity index (χ2v) is 7.78. The quantitative estimate of drug-likeness (QED) is 0.425. The molecule has 0 spiro atoms. The van der Waals surface area contributed by atoms with Crippen LogP contribution >= 0.6 is 11.8 Å². The molecule has 0 atom stereocenters. The van der Waals surface area contributed by atoms with Crippen molar-refractivity contribution in [2.24, 2.45) is 12.0 Å². The van der Waals surface area contributed by atoms with Crippen LogP contribution in [0.2, 0.25) is 0 Å². The van der Waals surface area contributed by atoms with Crippen molar-refractivity contribution >= 4 is 40.4 Å². The fourth-order valence-electron chi connectivity index (χ4n) is 3.13. The lowest BCUT2D eigenvalue weighted by molar-refractivity contribution is -0.134. The van der Waals surface area contributed by atoms with Crippen LogP contribution in [0.15, 0.2) is 46.3 Å². The molecule has 1 saturated heterocycles. The second-order valence-electron chi connectivity index (χ2n) is 6.67. The Morgan fingerprint density at radius 2 is 1.83 bits per heavy atom. The fraction of sp³-hybridized carbons (Fsp3) is 0.381. The number of hydrogen-bond acceptors (Lipinski definition) is 4. The summed E-state index contributed by atoms with van der Waals surface area (Å²) in [5.74, 6) is -0.184. The molecule has 3 rings (SSSR count). The zero-order valence-corrected chi connectivity index (χ0v) is 17.8. The summed E-state index contributed by atoms with van der Waals surface area (Å²) in [5, 5.41) is 17.0. The minimum Gasteiger partial charge on any atom is -0.478 e. The van der Waals surface area contributed by atoms with Gasteiger partial charge >= 0.3 is 11.9 Å². The minimum absolute atomic E-state index is 0.558. The molecule has 2 N–H and O–H groups in total. The first-order valence-electron chi connectivity index (χ1n) is 9.36. The molecule has 29 heavy (non-hydrogen) atoms. The van der Waals surface area contributed by atoms with Crippen molar-refractivity contribution in [3.05, 3.63) is 42.1 Å². The Bertz CT molecular complexity index is 917. The van der Waals surface area contributed by atoms with Crippen molar-refractivity contribution < 1.29 is 19.8 Å². The zero-order chi connectivity index (χ0) is 21.4. The van der Waals surface area contributed by atoms with Crippen LogP contribution in [-0.2, 0) is 16.6 Å². The number of carboxylic acids is 2. The van der Waals surface area contributed by atoms with Gasteiger partial charge in [0.1, 0.15) is 0 Å². The SMILES string of the molecule is Cc1c(SCC/N=C2\CCCN2C)c2ccccc2n1C.O=C(O)/C=C/C(=O)O. The van der Waals surface area contributed by atoms with Crippen LogP contribution in [0.4, 0.5) is 0 Å². The third-order valence-electron chi connectivity index (χ3n) is 4.68. The number of aliphatic carboxylic acids is 2. The van der Waals surface area contributed by atoms with Crippen LogP contribution in [0.25, 0.3) is 10.9 Å². The summed E-state index contributed by atoms with van der Waals surface area (Å²) in [4.78, 5) is 27.6. The van der Waals surface area contributed by atoms with E-state index in [1.807, 2.05) is 11.8 Å². The van der Waals surface area contributed by atoms with E-state index in [2.05, 4.69) is 54.8 Å². The molecule has 0 saturated carbocycles. The first-order chi connectivity index (χ1) is 13.8. The molecule has 0 aliphatic carbocycles. The number of fused-ring (bicyclic) bond motifs is 1. The summed E-state index contributed by atoms with van der Waals surface area (Å²) < 4.78 is 2.29. The van der Waals surface area contributed by atoms with E-state index in [0.29, 0.717) is 12.2 Å². The molecule has 0 unspecified atom stereocenters. The summed E-state index contributed by atoms with van der Waals surface area (Å²) in [7, 11) is 4.29. The van der Waals surface area contributed by atoms with Crippen LogP contribution in [-0.4, -0.2) is 63.3 Å². The van der Waals surface area contributed by atoms with Crippen molar-refractivity contribution in [3.8, 4) is 0 Å². The Kier molecular flexibility index (Phi) is 8.33. The van der Waals surface area contributed by atoms with Gasteiger partial charge in [-0.15, -0.1) is 11.8 Å². The average molecular weight is 418 g/mol. The summed E-state index contributed by atoms with van der Waals surface area (Å²) >= 11 is 1.94. The van der Waals surface area contributed by atoms with Crippen molar-refractivity contribution in [3.63, 3.8) is 0 Å². The molecule has 1 aliphatic heterocycles. The van der Waals surface area contributed by atoms with Gasteiger partial charge in [0.05, 0.1) is 12.4 Å². The molecule has 0 amide bonds. The smallest absolute Gasteiger partial charge is 0.328 e. The zero-order valence-electron chi connectivity index (χ0n) is 17.0. The van der Waals surface area contributed by atoms with E-state index >= 15 is 0 Å².